The normalized spacial score (nSPS) is 36.1. The van der Waals surface area contributed by atoms with E-state index in [-0.39, 0.29) is 51.9 Å². The highest BCUT2D eigenvalue weighted by Crippen LogP contribution is 2.72. The zero-order valence-electron chi connectivity index (χ0n) is 20.2. The molecule has 4 bridgehead atoms. The van der Waals surface area contributed by atoms with Crippen LogP contribution in [-0.2, 0) is 28.4 Å². The minimum atomic E-state index is -1.35. The van der Waals surface area contributed by atoms with Crippen LogP contribution in [0.5, 0.6) is 11.5 Å². The molecule has 1 spiro atoms. The first-order valence-corrected chi connectivity index (χ1v) is 12.2. The van der Waals surface area contributed by atoms with E-state index in [0.717, 1.165) is 43.5 Å². The number of hydrogen-bond donors (Lipinski definition) is 4. The van der Waals surface area contributed by atoms with Crippen LogP contribution in [-0.4, -0.2) is 48.7 Å². The van der Waals surface area contributed by atoms with E-state index in [1.165, 1.54) is 5.56 Å². The number of fused-ring (bicyclic) bond motifs is 1. The summed E-state index contributed by atoms with van der Waals surface area (Å²) in [7, 11) is 1.95. The maximum absolute atomic E-state index is 13.0. The van der Waals surface area contributed by atoms with Gasteiger partial charge in [0.25, 0.3) is 0 Å². The van der Waals surface area contributed by atoms with Crippen molar-refractivity contribution in [3.63, 3.8) is 0 Å². The number of anilines is 1. The lowest BCUT2D eigenvalue weighted by Gasteiger charge is -2.58. The molecule has 2 aliphatic heterocycles. The molecule has 9 nitrogen and oxygen atoms in total. The summed E-state index contributed by atoms with van der Waals surface area (Å²) in [5.74, 6) is -1.93. The first-order valence-electron chi connectivity index (χ1n) is 12.2. The number of aryl methyl sites for hydroxylation is 1. The molecule has 2 saturated heterocycles. The van der Waals surface area contributed by atoms with Gasteiger partial charge in [0, 0.05) is 30.5 Å². The number of hydrogen-bond acceptors (Lipinski definition) is 6. The minimum absolute atomic E-state index is 0.0522. The maximum atomic E-state index is 13.0. The number of carboxylic acids is 1. The molecule has 2 saturated carbocycles. The number of carboxylic acid groups (broad SMARTS) is 1. The second-order valence-electron chi connectivity index (χ2n) is 11.6. The molecule has 1 amide bonds. The van der Waals surface area contributed by atoms with Crippen LogP contribution in [0.2, 0.25) is 0 Å². The Morgan fingerprint density at radius 2 is 2.06 bits per heavy atom. The Morgan fingerprint density at radius 3 is 2.77 bits per heavy atom. The molecule has 3 heterocycles. The lowest BCUT2D eigenvalue weighted by molar-refractivity contribution is -0.160. The molecule has 7 rings (SSSR count). The number of amides is 1. The summed E-state index contributed by atoms with van der Waals surface area (Å²) in [5, 5.41) is 36.8. The number of aromatic nitrogens is 2. The molecule has 186 valence electrons. The van der Waals surface area contributed by atoms with Crippen molar-refractivity contribution in [1.82, 2.24) is 9.78 Å². The first-order chi connectivity index (χ1) is 16.5. The van der Waals surface area contributed by atoms with E-state index in [4.69, 9.17) is 4.74 Å². The van der Waals surface area contributed by atoms with Crippen LogP contribution in [0.3, 0.4) is 0 Å². The Bertz CT molecular complexity index is 1270. The highest BCUT2D eigenvalue weighted by Gasteiger charge is 2.72. The number of ether oxygens (including phenoxy) is 1. The van der Waals surface area contributed by atoms with E-state index >= 15 is 0 Å². The average molecular weight is 482 g/mol. The molecule has 4 N–H and O–H groups in total. The van der Waals surface area contributed by atoms with Gasteiger partial charge in [0.15, 0.2) is 5.75 Å². The monoisotopic (exact) mass is 481 g/mol. The van der Waals surface area contributed by atoms with E-state index < -0.39 is 17.6 Å². The summed E-state index contributed by atoms with van der Waals surface area (Å²) >= 11 is 0. The zero-order valence-corrected chi connectivity index (χ0v) is 20.2. The number of benzene rings is 1. The van der Waals surface area contributed by atoms with Crippen LogP contribution in [0.25, 0.3) is 0 Å². The van der Waals surface area contributed by atoms with Gasteiger partial charge in [-0.25, -0.2) is 4.79 Å². The van der Waals surface area contributed by atoms with Gasteiger partial charge in [-0.1, -0.05) is 6.92 Å². The fourth-order valence-corrected chi connectivity index (χ4v) is 8.53. The highest BCUT2D eigenvalue weighted by atomic mass is 16.5. The standard InChI is InChI=1S/C26H31N3O6/c1-24(7-6-18(31)28-19-16(30)5-4-15(20(19)32)23(33)34)21-17-8-14-10-26(21,12-25(14,2)35-17)9-13-11-27-29(3)22(13)24/h4-5,11,14,17,21,30,32H,6-10,12H2,1-3H3,(H,28,31)(H,33,34)/t14?,17?,21?,24-,25?,26?/m0/s1. The summed E-state index contributed by atoms with van der Waals surface area (Å²) < 4.78 is 8.58. The molecule has 35 heavy (non-hydrogen) atoms. The van der Waals surface area contributed by atoms with E-state index in [0.29, 0.717) is 12.3 Å². The second-order valence-corrected chi connectivity index (χ2v) is 11.6. The van der Waals surface area contributed by atoms with Crippen LogP contribution < -0.4 is 5.32 Å². The Hall–Kier alpha value is -3.07. The predicted molar refractivity (Wildman–Crippen MR) is 125 cm³/mol. The molecule has 6 atom stereocenters. The Balaban J connectivity index is 1.30. The van der Waals surface area contributed by atoms with Gasteiger partial charge in [-0.2, -0.15) is 5.10 Å². The fraction of sp³-hybridized carbons (Fsp3) is 0.577. The Kier molecular flexibility index (Phi) is 4.48. The quantitative estimate of drug-likeness (QED) is 0.481. The van der Waals surface area contributed by atoms with Gasteiger partial charge in [0.2, 0.25) is 5.91 Å². The maximum Gasteiger partial charge on any atom is 0.339 e. The van der Waals surface area contributed by atoms with Crippen LogP contribution >= 0.6 is 0 Å². The van der Waals surface area contributed by atoms with E-state index in [9.17, 15) is 24.9 Å². The van der Waals surface area contributed by atoms with Gasteiger partial charge in [0.1, 0.15) is 17.0 Å². The molecule has 5 aliphatic rings. The molecule has 5 unspecified atom stereocenters. The summed E-state index contributed by atoms with van der Waals surface area (Å²) in [6.45, 7) is 4.49. The van der Waals surface area contributed by atoms with Crippen LogP contribution in [0.4, 0.5) is 5.69 Å². The summed E-state index contributed by atoms with van der Waals surface area (Å²) in [4.78, 5) is 24.4. The van der Waals surface area contributed by atoms with E-state index in [1.54, 1.807) is 0 Å². The van der Waals surface area contributed by atoms with E-state index in [2.05, 4.69) is 24.3 Å². The number of aromatic hydroxyl groups is 2. The van der Waals surface area contributed by atoms with Crippen molar-refractivity contribution in [2.75, 3.05) is 5.32 Å². The second kappa shape index (κ2) is 7.00. The van der Waals surface area contributed by atoms with Gasteiger partial charge >= 0.3 is 5.97 Å². The topological polar surface area (TPSA) is 134 Å². The Labute approximate surface area is 203 Å². The van der Waals surface area contributed by atoms with Crippen LogP contribution in [0.15, 0.2) is 18.3 Å². The van der Waals surface area contributed by atoms with Crippen molar-refractivity contribution in [3.05, 3.63) is 35.2 Å². The SMILES string of the molecule is Cn1ncc2c1[C@@](C)(CCC(=O)Nc1c(O)ccc(C(=O)O)c1O)C1C3CC4CC1(C2)CC4(C)O3. The molecule has 3 aliphatic carbocycles. The van der Waals surface area contributed by atoms with Crippen molar-refractivity contribution in [2.24, 2.45) is 24.3 Å². The van der Waals surface area contributed by atoms with Gasteiger partial charge in [0.05, 0.1) is 17.9 Å². The van der Waals surface area contributed by atoms with Crippen molar-refractivity contribution in [1.29, 1.82) is 0 Å². The largest absolute Gasteiger partial charge is 0.506 e. The number of aromatic carboxylic acids is 1. The number of nitrogens with one attached hydrogen (secondary N) is 1. The average Bonchev–Trinajstić information content (AvgIpc) is 3.32. The smallest absolute Gasteiger partial charge is 0.339 e. The lowest BCUT2D eigenvalue weighted by atomic mass is 9.49. The third kappa shape index (κ3) is 2.93. The van der Waals surface area contributed by atoms with Crippen LogP contribution in [0, 0.1) is 17.3 Å². The van der Waals surface area contributed by atoms with Gasteiger partial charge in [-0.05, 0) is 68.1 Å². The number of carbonyl (C=O) groups is 2. The number of phenols is 2. The molecular formula is C26H31N3O6. The van der Waals surface area contributed by atoms with Crippen LogP contribution in [0.1, 0.15) is 67.6 Å². The van der Waals surface area contributed by atoms with E-state index in [1.807, 2.05) is 17.9 Å². The third-order valence-electron chi connectivity index (χ3n) is 9.50. The molecule has 1 aromatic heterocycles. The number of rotatable bonds is 5. The fourth-order valence-electron chi connectivity index (χ4n) is 8.53. The molecular weight excluding hydrogens is 450 g/mol. The number of phenolic OH excluding ortho intramolecular Hbond substituents is 1. The number of carbonyl (C=O) groups excluding carboxylic acids is 1. The van der Waals surface area contributed by atoms with Crippen molar-refractivity contribution < 1.29 is 29.6 Å². The van der Waals surface area contributed by atoms with Crippen molar-refractivity contribution >= 4 is 17.6 Å². The summed E-state index contributed by atoms with van der Waals surface area (Å²) in [6.07, 6.45) is 7.04. The molecule has 0 radical (unpaired) electrons. The van der Waals surface area contributed by atoms with Crippen molar-refractivity contribution in [3.8, 4) is 11.5 Å². The number of nitrogens with zero attached hydrogens (tertiary/aromatic N) is 2. The predicted octanol–water partition coefficient (Wildman–Crippen LogP) is 3.34. The van der Waals surface area contributed by atoms with Gasteiger partial charge in [-0.3, -0.25) is 9.48 Å². The summed E-state index contributed by atoms with van der Waals surface area (Å²) in [6, 6.07) is 2.25. The van der Waals surface area contributed by atoms with Gasteiger partial charge in [-0.15, -0.1) is 0 Å². The van der Waals surface area contributed by atoms with Gasteiger partial charge < -0.3 is 25.4 Å². The summed E-state index contributed by atoms with van der Waals surface area (Å²) in [5.41, 5.74) is 1.49. The lowest BCUT2D eigenvalue weighted by Crippen LogP contribution is -2.58. The Morgan fingerprint density at radius 1 is 1.29 bits per heavy atom. The molecule has 2 aromatic rings. The molecule has 4 fully saturated rings. The highest BCUT2D eigenvalue weighted by molar-refractivity contribution is 5.99. The third-order valence-corrected chi connectivity index (χ3v) is 9.50. The molecule has 9 heteroatoms. The zero-order chi connectivity index (χ0) is 24.9. The van der Waals surface area contributed by atoms with Crippen molar-refractivity contribution in [2.45, 2.75) is 69.5 Å². The minimum Gasteiger partial charge on any atom is -0.506 e. The molecule has 1 aromatic carbocycles. The first kappa shape index (κ1) is 22.4.